The second kappa shape index (κ2) is 6.98. The molecule has 1 aromatic heterocycles. The predicted octanol–water partition coefficient (Wildman–Crippen LogP) is 2.95. The third-order valence-corrected chi connectivity index (χ3v) is 4.25. The van der Waals surface area contributed by atoms with Crippen molar-refractivity contribution in [2.24, 2.45) is 0 Å². The summed E-state index contributed by atoms with van der Waals surface area (Å²) in [4.78, 5) is 15.1. The molecule has 25 heavy (non-hydrogen) atoms. The highest BCUT2D eigenvalue weighted by Gasteiger charge is 2.44. The number of nitrogens with zero attached hydrogens (tertiary/aromatic N) is 3. The van der Waals surface area contributed by atoms with Gasteiger partial charge in [0.25, 0.3) is 0 Å². The second-order valence-electron chi connectivity index (χ2n) is 5.93. The van der Waals surface area contributed by atoms with Crippen LogP contribution < -0.4 is 9.64 Å². The van der Waals surface area contributed by atoms with Crippen LogP contribution in [0.3, 0.4) is 0 Å². The topological polar surface area (TPSA) is 79.0 Å². The molecule has 2 amide bonds. The number of aliphatic hydroxyl groups excluding tert-OH is 1. The van der Waals surface area contributed by atoms with Gasteiger partial charge in [-0.15, -0.1) is 6.58 Å². The number of para-hydroxylation sites is 1. The molecule has 2 heterocycles. The SMILES string of the molecule is C=CCC1C(O)N(c2cc(C(C)Oc3ccccc3)no2)C(=O)N1C. The number of likely N-dealkylation sites (N-methyl/N-ethyl adjacent to an activating group) is 1. The Bertz CT molecular complexity index is 746. The number of carbonyl (C=O) groups excluding carboxylic acids is 1. The Morgan fingerprint density at radius 1 is 1.44 bits per heavy atom. The van der Waals surface area contributed by atoms with E-state index in [9.17, 15) is 9.90 Å². The summed E-state index contributed by atoms with van der Waals surface area (Å²) < 4.78 is 11.1. The number of amides is 2. The second-order valence-corrected chi connectivity index (χ2v) is 5.93. The minimum atomic E-state index is -1.03. The normalized spacial score (nSPS) is 21.5. The molecule has 132 valence electrons. The van der Waals surface area contributed by atoms with Crippen LogP contribution in [0.15, 0.2) is 53.6 Å². The van der Waals surface area contributed by atoms with E-state index in [1.807, 2.05) is 37.3 Å². The van der Waals surface area contributed by atoms with Crippen molar-refractivity contribution in [2.45, 2.75) is 31.7 Å². The van der Waals surface area contributed by atoms with Gasteiger partial charge in [0.1, 0.15) is 17.5 Å². The van der Waals surface area contributed by atoms with Gasteiger partial charge < -0.3 is 19.3 Å². The monoisotopic (exact) mass is 343 g/mol. The third-order valence-electron chi connectivity index (χ3n) is 4.25. The molecule has 1 N–H and O–H groups in total. The van der Waals surface area contributed by atoms with Crippen molar-refractivity contribution in [3.63, 3.8) is 0 Å². The Morgan fingerprint density at radius 2 is 2.16 bits per heavy atom. The van der Waals surface area contributed by atoms with Crippen molar-refractivity contribution in [3.05, 3.63) is 54.7 Å². The van der Waals surface area contributed by atoms with Gasteiger partial charge >= 0.3 is 6.03 Å². The van der Waals surface area contributed by atoms with E-state index < -0.39 is 6.23 Å². The van der Waals surface area contributed by atoms with E-state index in [0.717, 1.165) is 0 Å². The molecule has 0 bridgehead atoms. The van der Waals surface area contributed by atoms with Crippen LogP contribution in [0.1, 0.15) is 25.1 Å². The van der Waals surface area contributed by atoms with Gasteiger partial charge in [0.2, 0.25) is 5.88 Å². The lowest BCUT2D eigenvalue weighted by Crippen LogP contribution is -2.36. The molecule has 7 heteroatoms. The first-order chi connectivity index (χ1) is 12.0. The Balaban J connectivity index is 1.76. The smallest absolute Gasteiger partial charge is 0.329 e. The number of hydrogen-bond acceptors (Lipinski definition) is 5. The lowest BCUT2D eigenvalue weighted by molar-refractivity contribution is 0.127. The van der Waals surface area contributed by atoms with Gasteiger partial charge in [-0.1, -0.05) is 29.4 Å². The highest BCUT2D eigenvalue weighted by atomic mass is 16.5. The fraction of sp³-hybridized carbons (Fsp3) is 0.333. The number of carbonyl (C=O) groups is 1. The Kier molecular flexibility index (Phi) is 4.76. The number of ether oxygens (including phenoxy) is 1. The van der Waals surface area contributed by atoms with Crippen LogP contribution in [0, 0.1) is 0 Å². The molecule has 0 radical (unpaired) electrons. The molecule has 0 saturated carbocycles. The zero-order chi connectivity index (χ0) is 18.0. The van der Waals surface area contributed by atoms with Gasteiger partial charge in [-0.2, -0.15) is 0 Å². The van der Waals surface area contributed by atoms with E-state index in [4.69, 9.17) is 9.26 Å². The van der Waals surface area contributed by atoms with Gasteiger partial charge in [0.15, 0.2) is 6.23 Å². The van der Waals surface area contributed by atoms with Crippen LogP contribution in [-0.2, 0) is 0 Å². The average Bonchev–Trinajstić information content (AvgIpc) is 3.16. The molecule has 7 nitrogen and oxygen atoms in total. The molecule has 0 spiro atoms. The molecule has 1 saturated heterocycles. The molecule has 3 unspecified atom stereocenters. The maximum absolute atomic E-state index is 12.4. The molecular formula is C18H21N3O4. The van der Waals surface area contributed by atoms with Crippen molar-refractivity contribution in [2.75, 3.05) is 11.9 Å². The third kappa shape index (κ3) is 3.23. The summed E-state index contributed by atoms with van der Waals surface area (Å²) in [5, 5.41) is 14.4. The molecule has 2 aromatic rings. The molecule has 3 atom stereocenters. The van der Waals surface area contributed by atoms with Crippen LogP contribution in [0.25, 0.3) is 0 Å². The van der Waals surface area contributed by atoms with Crippen molar-refractivity contribution in [1.29, 1.82) is 0 Å². The Hall–Kier alpha value is -2.80. The first-order valence-corrected chi connectivity index (χ1v) is 8.06. The lowest BCUT2D eigenvalue weighted by Gasteiger charge is -2.19. The Labute approximate surface area is 146 Å². The number of urea groups is 1. The van der Waals surface area contributed by atoms with Crippen molar-refractivity contribution >= 4 is 11.9 Å². The average molecular weight is 343 g/mol. The summed E-state index contributed by atoms with van der Waals surface area (Å²) in [7, 11) is 1.64. The predicted molar refractivity (Wildman–Crippen MR) is 92.2 cm³/mol. The van der Waals surface area contributed by atoms with Gasteiger partial charge in [0, 0.05) is 13.1 Å². The molecular weight excluding hydrogens is 322 g/mol. The van der Waals surface area contributed by atoms with Crippen molar-refractivity contribution < 1.29 is 19.2 Å². The first kappa shape index (κ1) is 17.0. The van der Waals surface area contributed by atoms with E-state index >= 15 is 0 Å². The number of benzene rings is 1. The van der Waals surface area contributed by atoms with Crippen LogP contribution in [-0.4, -0.2) is 40.5 Å². The fourth-order valence-electron chi connectivity index (χ4n) is 2.82. The van der Waals surface area contributed by atoms with Crippen LogP contribution in [0.2, 0.25) is 0 Å². The number of rotatable bonds is 6. The number of aromatic nitrogens is 1. The summed E-state index contributed by atoms with van der Waals surface area (Å²) in [5.74, 6) is 0.900. The lowest BCUT2D eigenvalue weighted by atomic mass is 10.2. The summed E-state index contributed by atoms with van der Waals surface area (Å²) in [6, 6.07) is 10.2. The highest BCUT2D eigenvalue weighted by Crippen LogP contribution is 2.31. The quantitative estimate of drug-likeness (QED) is 0.816. The van der Waals surface area contributed by atoms with Crippen LogP contribution in [0.4, 0.5) is 10.7 Å². The summed E-state index contributed by atoms with van der Waals surface area (Å²) in [6.07, 6.45) is 0.759. The minimum Gasteiger partial charge on any atom is -0.484 e. The minimum absolute atomic E-state index is 0.189. The summed E-state index contributed by atoms with van der Waals surface area (Å²) >= 11 is 0. The van der Waals surface area contributed by atoms with E-state index in [-0.39, 0.29) is 24.1 Å². The largest absolute Gasteiger partial charge is 0.484 e. The van der Waals surface area contributed by atoms with Crippen LogP contribution >= 0.6 is 0 Å². The standard InChI is InChI=1S/C18H21N3O4/c1-4-8-15-17(22)21(18(23)20(15)3)16-11-14(19-25-16)12(2)24-13-9-6-5-7-10-13/h4-7,9-12,15,17,22H,1,8H2,2-3H3. The van der Waals surface area contributed by atoms with Crippen molar-refractivity contribution in [3.8, 4) is 5.75 Å². The van der Waals surface area contributed by atoms with E-state index in [1.54, 1.807) is 19.2 Å². The van der Waals surface area contributed by atoms with E-state index in [1.165, 1.54) is 9.80 Å². The number of aliphatic hydroxyl groups is 1. The molecule has 1 aliphatic heterocycles. The number of hydrogen-bond donors (Lipinski definition) is 1. The maximum atomic E-state index is 12.4. The zero-order valence-electron chi connectivity index (χ0n) is 14.2. The van der Waals surface area contributed by atoms with Gasteiger partial charge in [-0.25, -0.2) is 9.69 Å². The molecule has 1 aliphatic rings. The summed E-state index contributed by atoms with van der Waals surface area (Å²) in [6.45, 7) is 5.50. The van der Waals surface area contributed by atoms with Gasteiger partial charge in [-0.3, -0.25) is 0 Å². The fourth-order valence-corrected chi connectivity index (χ4v) is 2.82. The van der Waals surface area contributed by atoms with Gasteiger partial charge in [0.05, 0.1) is 6.04 Å². The molecule has 0 aliphatic carbocycles. The van der Waals surface area contributed by atoms with Gasteiger partial charge in [-0.05, 0) is 25.5 Å². The zero-order valence-corrected chi connectivity index (χ0v) is 14.2. The number of anilines is 1. The molecule has 1 fully saturated rings. The Morgan fingerprint density at radius 3 is 2.84 bits per heavy atom. The molecule has 3 rings (SSSR count). The van der Waals surface area contributed by atoms with E-state index in [2.05, 4.69) is 11.7 Å². The van der Waals surface area contributed by atoms with E-state index in [0.29, 0.717) is 17.9 Å². The summed E-state index contributed by atoms with van der Waals surface area (Å²) in [5.41, 5.74) is 0.536. The maximum Gasteiger partial charge on any atom is 0.329 e. The molecule has 1 aromatic carbocycles. The first-order valence-electron chi connectivity index (χ1n) is 8.06. The van der Waals surface area contributed by atoms with Crippen LogP contribution in [0.5, 0.6) is 5.75 Å². The highest BCUT2D eigenvalue weighted by molar-refractivity contribution is 5.93. The van der Waals surface area contributed by atoms with Crippen molar-refractivity contribution in [1.82, 2.24) is 10.1 Å².